The van der Waals surface area contributed by atoms with Gasteiger partial charge in [0.25, 0.3) is 0 Å². The molecule has 0 radical (unpaired) electrons. The molecule has 1 fully saturated rings. The van der Waals surface area contributed by atoms with E-state index in [2.05, 4.69) is 0 Å². The number of aliphatic carboxylic acids is 1. The van der Waals surface area contributed by atoms with Crippen molar-refractivity contribution < 1.29 is 23.8 Å². The van der Waals surface area contributed by atoms with Gasteiger partial charge in [0.1, 0.15) is 17.4 Å². The van der Waals surface area contributed by atoms with E-state index in [0.717, 1.165) is 23.8 Å². The fourth-order valence-corrected chi connectivity index (χ4v) is 3.65. The fourth-order valence-electron chi connectivity index (χ4n) is 3.65. The van der Waals surface area contributed by atoms with E-state index >= 15 is 0 Å². The lowest BCUT2D eigenvalue weighted by Gasteiger charge is -2.33. The molecule has 7 nitrogen and oxygen atoms in total. The molecule has 1 N–H and O–H groups in total. The zero-order chi connectivity index (χ0) is 19.6. The Morgan fingerprint density at radius 3 is 2.81 bits per heavy atom. The summed E-state index contributed by atoms with van der Waals surface area (Å²) in [7, 11) is 1.54. The van der Waals surface area contributed by atoms with Gasteiger partial charge in [-0.3, -0.25) is 4.79 Å². The van der Waals surface area contributed by atoms with Gasteiger partial charge in [0.2, 0.25) is 5.91 Å². The molecule has 1 aliphatic heterocycles. The summed E-state index contributed by atoms with van der Waals surface area (Å²) in [5, 5.41) is 10.1. The third kappa shape index (κ3) is 3.82. The number of nitrogens with zero attached hydrogens (tertiary/aromatic N) is 1. The number of piperidine rings is 1. The van der Waals surface area contributed by atoms with E-state index in [1.807, 2.05) is 13.0 Å². The molecule has 1 saturated heterocycles. The van der Waals surface area contributed by atoms with Gasteiger partial charge in [-0.15, -0.1) is 0 Å². The molecule has 0 spiro atoms. The van der Waals surface area contributed by atoms with Crippen molar-refractivity contribution in [2.45, 2.75) is 45.1 Å². The molecule has 27 heavy (non-hydrogen) atoms. The summed E-state index contributed by atoms with van der Waals surface area (Å²) >= 11 is 0. The van der Waals surface area contributed by atoms with Crippen molar-refractivity contribution in [3.63, 3.8) is 0 Å². The topological polar surface area (TPSA) is 97.0 Å². The number of methoxy groups -OCH3 is 1. The minimum atomic E-state index is -0.974. The number of ether oxygens (including phenoxy) is 1. The predicted octanol–water partition coefficient (Wildman–Crippen LogP) is 2.51. The molecule has 0 aliphatic carbocycles. The number of hydrogen-bond donors (Lipinski definition) is 1. The van der Waals surface area contributed by atoms with Gasteiger partial charge in [0, 0.05) is 30.0 Å². The second kappa shape index (κ2) is 7.82. The first-order valence-electron chi connectivity index (χ1n) is 9.05. The minimum Gasteiger partial charge on any atom is -0.497 e. The summed E-state index contributed by atoms with van der Waals surface area (Å²) in [5.74, 6) is -0.619. The summed E-state index contributed by atoms with van der Waals surface area (Å²) < 4.78 is 10.5. The van der Waals surface area contributed by atoms with Gasteiger partial charge < -0.3 is 19.2 Å². The molecule has 0 bridgehead atoms. The van der Waals surface area contributed by atoms with Crippen molar-refractivity contribution >= 4 is 22.8 Å². The highest BCUT2D eigenvalue weighted by molar-refractivity contribution is 5.85. The molecule has 2 heterocycles. The van der Waals surface area contributed by atoms with Gasteiger partial charge in [0.15, 0.2) is 0 Å². The number of carboxylic acid groups (broad SMARTS) is 1. The number of hydrogen-bond acceptors (Lipinski definition) is 5. The first kappa shape index (κ1) is 18.9. The molecule has 2 aromatic rings. The fraction of sp³-hybridized carbons (Fsp3) is 0.450. The second-order valence-electron chi connectivity index (χ2n) is 6.79. The maximum atomic E-state index is 12.6. The maximum absolute atomic E-state index is 12.6. The lowest BCUT2D eigenvalue weighted by molar-refractivity contribution is -0.152. The first-order chi connectivity index (χ1) is 12.9. The van der Waals surface area contributed by atoms with E-state index in [4.69, 9.17) is 9.15 Å². The highest BCUT2D eigenvalue weighted by Gasteiger charge is 2.31. The number of carbonyl (C=O) groups excluding carboxylic acids is 1. The van der Waals surface area contributed by atoms with Crippen molar-refractivity contribution in [3.8, 4) is 5.75 Å². The van der Waals surface area contributed by atoms with E-state index in [1.165, 1.54) is 12.0 Å². The Morgan fingerprint density at radius 1 is 1.33 bits per heavy atom. The van der Waals surface area contributed by atoms with Crippen LogP contribution in [0, 0.1) is 6.92 Å². The zero-order valence-electron chi connectivity index (χ0n) is 15.5. The molecule has 0 saturated carbocycles. The Morgan fingerprint density at radius 2 is 2.11 bits per heavy atom. The summed E-state index contributed by atoms with van der Waals surface area (Å²) in [4.78, 5) is 37.8. The molecule has 1 aliphatic rings. The maximum Gasteiger partial charge on any atom is 0.339 e. The van der Waals surface area contributed by atoms with Crippen LogP contribution in [0.1, 0.15) is 36.8 Å². The number of fused-ring (bicyclic) bond motifs is 1. The molecule has 144 valence electrons. The summed E-state index contributed by atoms with van der Waals surface area (Å²) in [6, 6.07) is 4.50. The molecule has 3 rings (SSSR count). The number of carbonyl (C=O) groups is 2. The van der Waals surface area contributed by atoms with Crippen LogP contribution < -0.4 is 10.4 Å². The zero-order valence-corrected chi connectivity index (χ0v) is 15.5. The standard InChI is InChI=1S/C20H23NO6/c1-12-14-7-6-13(26-2)11-17(14)27-20(25)15(12)8-9-18(22)21-10-4-3-5-16(21)19(23)24/h6-7,11,16H,3-5,8-10H2,1-2H3,(H,23,24)/t16-/m1/s1. The first-order valence-corrected chi connectivity index (χ1v) is 9.05. The molecule has 1 aromatic carbocycles. The normalized spacial score (nSPS) is 17.1. The molecular formula is C20H23NO6. The lowest BCUT2D eigenvalue weighted by atomic mass is 9.99. The SMILES string of the molecule is COc1ccc2c(C)c(CCC(=O)N3CCCC[C@@H]3C(=O)O)c(=O)oc2c1. The van der Waals surface area contributed by atoms with Crippen molar-refractivity contribution in [2.24, 2.45) is 0 Å². The van der Waals surface area contributed by atoms with Gasteiger partial charge >= 0.3 is 11.6 Å². The Labute approximate surface area is 156 Å². The minimum absolute atomic E-state index is 0.0804. The van der Waals surface area contributed by atoms with E-state index in [1.54, 1.807) is 12.1 Å². The van der Waals surface area contributed by atoms with Gasteiger partial charge in [-0.1, -0.05) is 0 Å². The van der Waals surface area contributed by atoms with Crippen LogP contribution in [0.2, 0.25) is 0 Å². The largest absolute Gasteiger partial charge is 0.497 e. The van der Waals surface area contributed by atoms with Gasteiger partial charge in [-0.25, -0.2) is 9.59 Å². The smallest absolute Gasteiger partial charge is 0.339 e. The van der Waals surface area contributed by atoms with Crippen molar-refractivity contribution in [1.82, 2.24) is 4.90 Å². The van der Waals surface area contributed by atoms with Crippen molar-refractivity contribution in [3.05, 3.63) is 39.7 Å². The molecule has 1 atom stereocenters. The second-order valence-corrected chi connectivity index (χ2v) is 6.79. The third-order valence-corrected chi connectivity index (χ3v) is 5.19. The summed E-state index contributed by atoms with van der Waals surface area (Å²) in [6.07, 6.45) is 2.38. The number of rotatable bonds is 5. The van der Waals surface area contributed by atoms with E-state index in [9.17, 15) is 19.5 Å². The predicted molar refractivity (Wildman–Crippen MR) is 99.1 cm³/mol. The van der Waals surface area contributed by atoms with Crippen LogP contribution in [0.4, 0.5) is 0 Å². The lowest BCUT2D eigenvalue weighted by Crippen LogP contribution is -2.48. The van der Waals surface area contributed by atoms with Gasteiger partial charge in [-0.2, -0.15) is 0 Å². The molecular weight excluding hydrogens is 350 g/mol. The van der Waals surface area contributed by atoms with Gasteiger partial charge in [0.05, 0.1) is 7.11 Å². The molecule has 1 aromatic heterocycles. The van der Waals surface area contributed by atoms with Crippen LogP contribution >= 0.6 is 0 Å². The van der Waals surface area contributed by atoms with Crippen LogP contribution in [-0.4, -0.2) is 41.6 Å². The van der Waals surface area contributed by atoms with Crippen LogP contribution in [0.3, 0.4) is 0 Å². The van der Waals surface area contributed by atoms with Crippen LogP contribution in [0.25, 0.3) is 11.0 Å². The molecule has 1 amide bonds. The Hall–Kier alpha value is -2.83. The Kier molecular flexibility index (Phi) is 5.48. The monoisotopic (exact) mass is 373 g/mol. The highest BCUT2D eigenvalue weighted by Crippen LogP contribution is 2.25. The number of likely N-dealkylation sites (tertiary alicyclic amines) is 1. The third-order valence-electron chi connectivity index (χ3n) is 5.19. The van der Waals surface area contributed by atoms with E-state index in [0.29, 0.717) is 29.9 Å². The Bertz CT molecular complexity index is 932. The summed E-state index contributed by atoms with van der Waals surface area (Å²) in [6.45, 7) is 2.27. The number of aryl methyl sites for hydroxylation is 1. The average Bonchev–Trinajstić information content (AvgIpc) is 2.67. The van der Waals surface area contributed by atoms with Crippen molar-refractivity contribution in [1.29, 1.82) is 0 Å². The van der Waals surface area contributed by atoms with Crippen molar-refractivity contribution in [2.75, 3.05) is 13.7 Å². The highest BCUT2D eigenvalue weighted by atomic mass is 16.5. The quantitative estimate of drug-likeness (QED) is 0.809. The number of benzene rings is 1. The van der Waals surface area contributed by atoms with Crippen LogP contribution in [-0.2, 0) is 16.0 Å². The van der Waals surface area contributed by atoms with Gasteiger partial charge in [-0.05, 0) is 50.3 Å². The van der Waals surface area contributed by atoms with Crippen LogP contribution in [0.15, 0.2) is 27.4 Å². The molecule has 7 heteroatoms. The number of carboxylic acids is 1. The van der Waals surface area contributed by atoms with E-state index in [-0.39, 0.29) is 18.7 Å². The average molecular weight is 373 g/mol. The number of amides is 1. The van der Waals surface area contributed by atoms with Crippen LogP contribution in [0.5, 0.6) is 5.75 Å². The molecule has 0 unspecified atom stereocenters. The van der Waals surface area contributed by atoms with E-state index < -0.39 is 17.6 Å². The Balaban J connectivity index is 1.81. The summed E-state index contributed by atoms with van der Waals surface area (Å²) in [5.41, 5.74) is 1.18.